The molecular weight excluding hydrogens is 254 g/mol. The van der Waals surface area contributed by atoms with Crippen LogP contribution in [0.3, 0.4) is 0 Å². The number of benzene rings is 1. The Morgan fingerprint density at radius 1 is 1.40 bits per heavy atom. The largest absolute Gasteiger partial charge is 0.316 e. The van der Waals surface area contributed by atoms with Crippen LogP contribution in [-0.2, 0) is 6.42 Å². The molecule has 5 heteroatoms. The van der Waals surface area contributed by atoms with Gasteiger partial charge in [0.1, 0.15) is 0 Å². The zero-order valence-electron chi connectivity index (χ0n) is 12.0. The summed E-state index contributed by atoms with van der Waals surface area (Å²) in [5.74, 6) is 0.755. The third-order valence-electron chi connectivity index (χ3n) is 3.90. The van der Waals surface area contributed by atoms with Crippen LogP contribution in [0.1, 0.15) is 18.4 Å². The molecule has 1 N–H and O–H groups in total. The molecule has 1 aromatic carbocycles. The van der Waals surface area contributed by atoms with E-state index in [2.05, 4.69) is 17.3 Å². The average Bonchev–Trinajstić information content (AvgIpc) is 2.46. The van der Waals surface area contributed by atoms with Gasteiger partial charge in [0.15, 0.2) is 0 Å². The van der Waals surface area contributed by atoms with Gasteiger partial charge in [0.05, 0.1) is 4.92 Å². The molecule has 110 valence electrons. The van der Waals surface area contributed by atoms with Crippen molar-refractivity contribution in [1.82, 2.24) is 10.2 Å². The second-order valence-corrected chi connectivity index (χ2v) is 5.65. The van der Waals surface area contributed by atoms with E-state index in [0.29, 0.717) is 0 Å². The number of nitro benzene ring substituents is 1. The third-order valence-corrected chi connectivity index (χ3v) is 3.90. The molecule has 1 atom stereocenters. The maximum atomic E-state index is 10.6. The SMILES string of the molecule is CN(CCc1ccc([N+](=O)[O-])cc1)CC1CCCNC1. The summed E-state index contributed by atoms with van der Waals surface area (Å²) < 4.78 is 0. The summed E-state index contributed by atoms with van der Waals surface area (Å²) in [4.78, 5) is 12.6. The number of nitro groups is 1. The van der Waals surface area contributed by atoms with E-state index in [1.165, 1.54) is 12.8 Å². The van der Waals surface area contributed by atoms with Gasteiger partial charge >= 0.3 is 0 Å². The Bertz CT molecular complexity index is 427. The Balaban J connectivity index is 1.74. The lowest BCUT2D eigenvalue weighted by molar-refractivity contribution is -0.384. The maximum Gasteiger partial charge on any atom is 0.269 e. The third kappa shape index (κ3) is 4.58. The van der Waals surface area contributed by atoms with Gasteiger partial charge in [-0.25, -0.2) is 0 Å². The minimum atomic E-state index is -0.355. The van der Waals surface area contributed by atoms with Crippen molar-refractivity contribution in [3.05, 3.63) is 39.9 Å². The van der Waals surface area contributed by atoms with Crippen molar-refractivity contribution in [3.8, 4) is 0 Å². The summed E-state index contributed by atoms with van der Waals surface area (Å²) in [5.41, 5.74) is 1.32. The molecule has 1 saturated heterocycles. The fourth-order valence-electron chi connectivity index (χ4n) is 2.72. The van der Waals surface area contributed by atoms with Gasteiger partial charge in [0, 0.05) is 25.2 Å². The molecule has 0 aromatic heterocycles. The van der Waals surface area contributed by atoms with Gasteiger partial charge in [-0.1, -0.05) is 12.1 Å². The Morgan fingerprint density at radius 2 is 2.15 bits per heavy atom. The second kappa shape index (κ2) is 7.36. The fourth-order valence-corrected chi connectivity index (χ4v) is 2.72. The number of likely N-dealkylation sites (N-methyl/N-ethyl adjacent to an activating group) is 1. The summed E-state index contributed by atoms with van der Waals surface area (Å²) >= 11 is 0. The van der Waals surface area contributed by atoms with Gasteiger partial charge in [-0.3, -0.25) is 10.1 Å². The van der Waals surface area contributed by atoms with Crippen molar-refractivity contribution in [2.24, 2.45) is 5.92 Å². The van der Waals surface area contributed by atoms with E-state index in [-0.39, 0.29) is 10.6 Å². The highest BCUT2D eigenvalue weighted by Gasteiger charge is 2.14. The van der Waals surface area contributed by atoms with Crippen LogP contribution in [0.2, 0.25) is 0 Å². The summed E-state index contributed by atoms with van der Waals surface area (Å²) in [7, 11) is 2.15. The molecule has 0 radical (unpaired) electrons. The molecule has 1 fully saturated rings. The number of hydrogen-bond acceptors (Lipinski definition) is 4. The molecule has 1 aromatic rings. The molecule has 1 aliphatic heterocycles. The second-order valence-electron chi connectivity index (χ2n) is 5.65. The first-order valence-corrected chi connectivity index (χ1v) is 7.28. The molecule has 0 amide bonds. The molecule has 1 aliphatic rings. The Hall–Kier alpha value is -1.46. The van der Waals surface area contributed by atoms with Crippen molar-refractivity contribution < 1.29 is 4.92 Å². The molecule has 1 heterocycles. The van der Waals surface area contributed by atoms with Gasteiger partial charge < -0.3 is 10.2 Å². The van der Waals surface area contributed by atoms with Crippen molar-refractivity contribution in [1.29, 1.82) is 0 Å². The number of hydrogen-bond donors (Lipinski definition) is 1. The normalized spacial score (nSPS) is 19.2. The van der Waals surface area contributed by atoms with Crippen molar-refractivity contribution in [3.63, 3.8) is 0 Å². The maximum absolute atomic E-state index is 10.6. The average molecular weight is 277 g/mol. The van der Waals surface area contributed by atoms with E-state index in [4.69, 9.17) is 0 Å². The first kappa shape index (κ1) is 14.9. The lowest BCUT2D eigenvalue weighted by Crippen LogP contribution is -2.37. The molecule has 20 heavy (non-hydrogen) atoms. The minimum absolute atomic E-state index is 0.162. The van der Waals surface area contributed by atoms with Crippen LogP contribution in [0, 0.1) is 16.0 Å². The van der Waals surface area contributed by atoms with E-state index in [0.717, 1.165) is 44.1 Å². The molecule has 0 bridgehead atoms. The van der Waals surface area contributed by atoms with Crippen LogP contribution in [0.15, 0.2) is 24.3 Å². The van der Waals surface area contributed by atoms with E-state index < -0.39 is 0 Å². The van der Waals surface area contributed by atoms with Crippen LogP contribution in [0.5, 0.6) is 0 Å². The molecule has 0 spiro atoms. The molecule has 5 nitrogen and oxygen atoms in total. The smallest absolute Gasteiger partial charge is 0.269 e. The topological polar surface area (TPSA) is 58.4 Å². The Kier molecular flexibility index (Phi) is 5.49. The lowest BCUT2D eigenvalue weighted by Gasteiger charge is -2.27. The van der Waals surface area contributed by atoms with Gasteiger partial charge in [-0.05, 0) is 50.9 Å². The predicted octanol–water partition coefficient (Wildman–Crippen LogP) is 2.07. The van der Waals surface area contributed by atoms with Crippen LogP contribution in [0.25, 0.3) is 0 Å². The Labute approximate surface area is 120 Å². The zero-order chi connectivity index (χ0) is 14.4. The van der Waals surface area contributed by atoms with Gasteiger partial charge in [0.2, 0.25) is 0 Å². The Morgan fingerprint density at radius 3 is 2.75 bits per heavy atom. The standard InChI is InChI=1S/C15H23N3O2/c1-17(12-14-3-2-9-16-11-14)10-8-13-4-6-15(7-5-13)18(19)20/h4-7,14,16H,2-3,8-12H2,1H3. The van der Waals surface area contributed by atoms with Crippen LogP contribution in [0.4, 0.5) is 5.69 Å². The van der Waals surface area contributed by atoms with Gasteiger partial charge in [0.25, 0.3) is 5.69 Å². The van der Waals surface area contributed by atoms with Crippen molar-refractivity contribution >= 4 is 5.69 Å². The molecule has 0 aliphatic carbocycles. The van der Waals surface area contributed by atoms with E-state index in [9.17, 15) is 10.1 Å². The van der Waals surface area contributed by atoms with Crippen LogP contribution >= 0.6 is 0 Å². The first-order chi connectivity index (χ1) is 9.65. The van der Waals surface area contributed by atoms with Gasteiger partial charge in [-0.15, -0.1) is 0 Å². The first-order valence-electron chi connectivity index (χ1n) is 7.28. The highest BCUT2D eigenvalue weighted by atomic mass is 16.6. The summed E-state index contributed by atoms with van der Waals surface area (Å²) in [6.07, 6.45) is 3.53. The fraction of sp³-hybridized carbons (Fsp3) is 0.600. The number of rotatable bonds is 6. The molecule has 0 saturated carbocycles. The number of nitrogens with one attached hydrogen (secondary N) is 1. The number of nitrogens with zero attached hydrogens (tertiary/aromatic N) is 2. The van der Waals surface area contributed by atoms with E-state index in [1.807, 2.05) is 12.1 Å². The summed E-state index contributed by atoms with van der Waals surface area (Å²) in [6.45, 7) is 4.40. The van der Waals surface area contributed by atoms with Crippen molar-refractivity contribution in [2.75, 3.05) is 33.2 Å². The monoisotopic (exact) mass is 277 g/mol. The summed E-state index contributed by atoms with van der Waals surface area (Å²) in [6, 6.07) is 6.88. The quantitative estimate of drug-likeness (QED) is 0.639. The summed E-state index contributed by atoms with van der Waals surface area (Å²) in [5, 5.41) is 14.0. The van der Waals surface area contributed by atoms with Crippen molar-refractivity contribution in [2.45, 2.75) is 19.3 Å². The molecular formula is C15H23N3O2. The van der Waals surface area contributed by atoms with Crippen LogP contribution < -0.4 is 5.32 Å². The minimum Gasteiger partial charge on any atom is -0.316 e. The van der Waals surface area contributed by atoms with Gasteiger partial charge in [-0.2, -0.15) is 0 Å². The van der Waals surface area contributed by atoms with E-state index >= 15 is 0 Å². The highest BCUT2D eigenvalue weighted by molar-refractivity contribution is 5.32. The highest BCUT2D eigenvalue weighted by Crippen LogP contribution is 2.14. The zero-order valence-corrected chi connectivity index (χ0v) is 12.0. The molecule has 2 rings (SSSR count). The lowest BCUT2D eigenvalue weighted by atomic mass is 9.99. The number of piperidine rings is 1. The molecule has 1 unspecified atom stereocenters. The van der Waals surface area contributed by atoms with Crippen LogP contribution in [-0.4, -0.2) is 43.0 Å². The number of non-ortho nitro benzene ring substituents is 1. The predicted molar refractivity (Wildman–Crippen MR) is 79.9 cm³/mol. The van der Waals surface area contributed by atoms with E-state index in [1.54, 1.807) is 12.1 Å².